The second kappa shape index (κ2) is 9.52. The first kappa shape index (κ1) is 19.4. The second-order valence-electron chi connectivity index (χ2n) is 6.77. The predicted octanol–water partition coefficient (Wildman–Crippen LogP) is 5.31. The van der Waals surface area contributed by atoms with Gasteiger partial charge in [0.15, 0.2) is 11.5 Å². The Morgan fingerprint density at radius 3 is 2.14 bits per heavy atom. The fraction of sp³-hybridized carbons (Fsp3) is 0.208. The molecule has 0 saturated heterocycles. The first-order valence-corrected chi connectivity index (χ1v) is 10.8. The van der Waals surface area contributed by atoms with Crippen LogP contribution in [0.2, 0.25) is 0 Å². The number of hydrogen-bond donors (Lipinski definition) is 1. The summed E-state index contributed by atoms with van der Waals surface area (Å²) in [6.45, 7) is 1.27. The topological polar surface area (TPSA) is 47.6 Å². The third-order valence-electron chi connectivity index (χ3n) is 4.62. The lowest BCUT2D eigenvalue weighted by Crippen LogP contribution is -2.15. The zero-order valence-electron chi connectivity index (χ0n) is 16.0. The second-order valence-corrected chi connectivity index (χ2v) is 7.87. The lowest BCUT2D eigenvalue weighted by molar-refractivity contribution is -0.113. The summed E-state index contributed by atoms with van der Waals surface area (Å²) in [5.74, 6) is 1.71. The normalized spacial score (nSPS) is 13.0. The molecule has 0 aliphatic carbocycles. The summed E-state index contributed by atoms with van der Waals surface area (Å²) in [6, 6.07) is 26.1. The fourth-order valence-electron chi connectivity index (χ4n) is 3.24. The van der Waals surface area contributed by atoms with Gasteiger partial charge >= 0.3 is 0 Å². The van der Waals surface area contributed by atoms with Crippen LogP contribution in [0, 0.1) is 0 Å². The van der Waals surface area contributed by atoms with Crippen LogP contribution >= 0.6 is 11.8 Å². The van der Waals surface area contributed by atoms with Gasteiger partial charge < -0.3 is 14.8 Å². The van der Waals surface area contributed by atoms with E-state index in [-0.39, 0.29) is 11.2 Å². The van der Waals surface area contributed by atoms with Gasteiger partial charge in [0.2, 0.25) is 5.91 Å². The molecule has 0 aromatic heterocycles. The number of hydrogen-bond acceptors (Lipinski definition) is 4. The van der Waals surface area contributed by atoms with Crippen LogP contribution in [0.25, 0.3) is 0 Å². The van der Waals surface area contributed by atoms with Crippen LogP contribution in [0.3, 0.4) is 0 Å². The van der Waals surface area contributed by atoms with Gasteiger partial charge in [-0.05, 0) is 23.3 Å². The van der Waals surface area contributed by atoms with Crippen molar-refractivity contribution in [3.8, 4) is 11.5 Å². The van der Waals surface area contributed by atoms with Crippen molar-refractivity contribution in [2.24, 2.45) is 0 Å². The molecule has 29 heavy (non-hydrogen) atoms. The number of carbonyl (C=O) groups is 1. The molecule has 1 aliphatic heterocycles. The Hall–Kier alpha value is -2.92. The number of anilines is 1. The maximum Gasteiger partial charge on any atom is 0.234 e. The maximum absolute atomic E-state index is 12.6. The van der Waals surface area contributed by atoms with E-state index in [1.807, 2.05) is 54.6 Å². The number of rotatable bonds is 6. The highest BCUT2D eigenvalue weighted by atomic mass is 32.2. The molecule has 148 valence electrons. The van der Waals surface area contributed by atoms with Crippen molar-refractivity contribution in [2.75, 3.05) is 24.3 Å². The van der Waals surface area contributed by atoms with Crippen LogP contribution in [-0.2, 0) is 4.79 Å². The lowest BCUT2D eigenvalue weighted by Gasteiger charge is -2.18. The van der Waals surface area contributed by atoms with Crippen LogP contribution in [0.1, 0.15) is 22.8 Å². The van der Waals surface area contributed by atoms with E-state index in [0.717, 1.165) is 17.9 Å². The molecule has 5 heteroatoms. The van der Waals surface area contributed by atoms with Gasteiger partial charge in [0.25, 0.3) is 0 Å². The van der Waals surface area contributed by atoms with Crippen molar-refractivity contribution in [3.63, 3.8) is 0 Å². The molecule has 1 heterocycles. The van der Waals surface area contributed by atoms with Crippen LogP contribution in [-0.4, -0.2) is 24.9 Å². The van der Waals surface area contributed by atoms with Gasteiger partial charge in [-0.15, -0.1) is 11.8 Å². The van der Waals surface area contributed by atoms with E-state index in [4.69, 9.17) is 9.47 Å². The molecule has 3 aromatic carbocycles. The molecule has 1 N–H and O–H groups in total. The first-order chi connectivity index (χ1) is 14.3. The van der Waals surface area contributed by atoms with E-state index in [0.29, 0.717) is 24.7 Å². The van der Waals surface area contributed by atoms with Crippen LogP contribution in [0.5, 0.6) is 11.5 Å². The first-order valence-electron chi connectivity index (χ1n) is 9.70. The monoisotopic (exact) mass is 405 g/mol. The van der Waals surface area contributed by atoms with E-state index >= 15 is 0 Å². The summed E-state index contributed by atoms with van der Waals surface area (Å²) in [6.07, 6.45) is 0.855. The highest BCUT2D eigenvalue weighted by Gasteiger charge is 2.17. The molecular formula is C24H23NO3S. The summed E-state index contributed by atoms with van der Waals surface area (Å²) in [7, 11) is 0. The zero-order valence-corrected chi connectivity index (χ0v) is 16.9. The van der Waals surface area contributed by atoms with Gasteiger partial charge in [-0.3, -0.25) is 4.79 Å². The molecule has 0 unspecified atom stereocenters. The molecule has 0 spiro atoms. The number of thioether (sulfide) groups is 1. The Balaban J connectivity index is 1.43. The molecule has 0 fully saturated rings. The third kappa shape index (κ3) is 5.12. The third-order valence-corrected chi connectivity index (χ3v) is 5.92. The number of ether oxygens (including phenoxy) is 2. The SMILES string of the molecule is O=C(CSC(c1ccccc1)c1ccccc1)Nc1ccc2c(c1)OCCCO2. The minimum Gasteiger partial charge on any atom is -0.490 e. The predicted molar refractivity (Wildman–Crippen MR) is 118 cm³/mol. The molecule has 0 saturated carbocycles. The van der Waals surface area contributed by atoms with Gasteiger partial charge in [0.05, 0.1) is 24.2 Å². The Kier molecular flexibility index (Phi) is 6.37. The number of carbonyl (C=O) groups excluding carboxylic acids is 1. The highest BCUT2D eigenvalue weighted by molar-refractivity contribution is 8.00. The molecular weight excluding hydrogens is 382 g/mol. The van der Waals surface area contributed by atoms with Crippen molar-refractivity contribution < 1.29 is 14.3 Å². The highest BCUT2D eigenvalue weighted by Crippen LogP contribution is 2.36. The van der Waals surface area contributed by atoms with Gasteiger partial charge in [-0.2, -0.15) is 0 Å². The average molecular weight is 406 g/mol. The van der Waals surface area contributed by atoms with E-state index in [2.05, 4.69) is 29.6 Å². The Labute approximate surface area is 175 Å². The minimum absolute atomic E-state index is 0.0404. The number of nitrogens with one attached hydrogen (secondary N) is 1. The zero-order chi connectivity index (χ0) is 19.9. The number of amides is 1. The maximum atomic E-state index is 12.6. The van der Waals surface area contributed by atoms with Crippen molar-refractivity contribution in [3.05, 3.63) is 90.0 Å². The van der Waals surface area contributed by atoms with Crippen molar-refractivity contribution in [1.82, 2.24) is 0 Å². The minimum atomic E-state index is -0.0404. The van der Waals surface area contributed by atoms with Crippen molar-refractivity contribution in [2.45, 2.75) is 11.7 Å². The molecule has 4 rings (SSSR count). The molecule has 1 aliphatic rings. The van der Waals surface area contributed by atoms with Gasteiger partial charge in [-0.1, -0.05) is 60.7 Å². The molecule has 0 bridgehead atoms. The summed E-state index contributed by atoms with van der Waals surface area (Å²) >= 11 is 1.62. The van der Waals surface area contributed by atoms with Crippen LogP contribution in [0.4, 0.5) is 5.69 Å². The van der Waals surface area contributed by atoms with Crippen molar-refractivity contribution >= 4 is 23.4 Å². The van der Waals surface area contributed by atoms with Gasteiger partial charge in [-0.25, -0.2) is 0 Å². The smallest absolute Gasteiger partial charge is 0.234 e. The summed E-state index contributed by atoms with van der Waals surface area (Å²) in [5, 5.41) is 3.08. The molecule has 0 radical (unpaired) electrons. The molecule has 4 nitrogen and oxygen atoms in total. The Morgan fingerprint density at radius 2 is 1.48 bits per heavy atom. The van der Waals surface area contributed by atoms with E-state index < -0.39 is 0 Å². The molecule has 0 atom stereocenters. The van der Waals surface area contributed by atoms with E-state index in [1.54, 1.807) is 11.8 Å². The number of fused-ring (bicyclic) bond motifs is 1. The Morgan fingerprint density at radius 1 is 0.862 bits per heavy atom. The van der Waals surface area contributed by atoms with Crippen LogP contribution < -0.4 is 14.8 Å². The molecule has 1 amide bonds. The van der Waals surface area contributed by atoms with Crippen molar-refractivity contribution in [1.29, 1.82) is 0 Å². The summed E-state index contributed by atoms with van der Waals surface area (Å²) < 4.78 is 11.3. The molecule has 3 aromatic rings. The number of benzene rings is 3. The largest absolute Gasteiger partial charge is 0.490 e. The fourth-order valence-corrected chi connectivity index (χ4v) is 4.33. The van der Waals surface area contributed by atoms with Crippen LogP contribution in [0.15, 0.2) is 78.9 Å². The standard InChI is InChI=1S/C24H23NO3S/c26-23(25-20-12-13-21-22(16-20)28-15-7-14-27-21)17-29-24(18-8-3-1-4-9-18)19-10-5-2-6-11-19/h1-6,8-13,16,24H,7,14-15,17H2,(H,25,26). The quantitative estimate of drug-likeness (QED) is 0.604. The Bertz CT molecular complexity index is 907. The lowest BCUT2D eigenvalue weighted by atomic mass is 10.0. The van der Waals surface area contributed by atoms with Gasteiger partial charge in [0, 0.05) is 18.2 Å². The average Bonchev–Trinajstić information content (AvgIpc) is 3.00. The summed E-state index contributed by atoms with van der Waals surface area (Å²) in [4.78, 5) is 12.6. The van der Waals surface area contributed by atoms with Gasteiger partial charge in [0.1, 0.15) is 0 Å². The van der Waals surface area contributed by atoms with E-state index in [1.165, 1.54) is 11.1 Å². The summed E-state index contributed by atoms with van der Waals surface area (Å²) in [5.41, 5.74) is 3.09. The van der Waals surface area contributed by atoms with E-state index in [9.17, 15) is 4.79 Å².